The van der Waals surface area contributed by atoms with Crippen molar-refractivity contribution in [3.8, 4) is 0 Å². The average molecular weight is 253 g/mol. The van der Waals surface area contributed by atoms with Crippen molar-refractivity contribution in [1.82, 2.24) is 4.90 Å². The van der Waals surface area contributed by atoms with E-state index in [0.29, 0.717) is 11.3 Å². The van der Waals surface area contributed by atoms with Crippen molar-refractivity contribution in [2.45, 2.75) is 25.6 Å². The summed E-state index contributed by atoms with van der Waals surface area (Å²) in [6.45, 7) is 5.54. The van der Waals surface area contributed by atoms with E-state index in [9.17, 15) is 9.90 Å². The SMILES string of the molecule is C=C(C[C@@H](O)c1ccco1)[C@@H](C)OC(=O)N(C)C. The van der Waals surface area contributed by atoms with Gasteiger partial charge in [-0.25, -0.2) is 4.79 Å². The highest BCUT2D eigenvalue weighted by molar-refractivity contribution is 5.67. The van der Waals surface area contributed by atoms with Crippen LogP contribution < -0.4 is 0 Å². The van der Waals surface area contributed by atoms with Gasteiger partial charge in [-0.05, 0) is 24.6 Å². The first-order valence-electron chi connectivity index (χ1n) is 5.69. The summed E-state index contributed by atoms with van der Waals surface area (Å²) < 4.78 is 10.2. The van der Waals surface area contributed by atoms with Gasteiger partial charge in [0, 0.05) is 20.5 Å². The molecule has 0 radical (unpaired) electrons. The van der Waals surface area contributed by atoms with E-state index in [4.69, 9.17) is 9.15 Å². The van der Waals surface area contributed by atoms with Crippen LogP contribution in [0.4, 0.5) is 4.79 Å². The van der Waals surface area contributed by atoms with E-state index in [-0.39, 0.29) is 6.42 Å². The van der Waals surface area contributed by atoms with Gasteiger partial charge in [0.05, 0.1) is 6.26 Å². The third-order valence-corrected chi connectivity index (χ3v) is 2.54. The maximum atomic E-state index is 11.4. The number of aliphatic hydroxyl groups excluding tert-OH is 1. The number of furan rings is 1. The Morgan fingerprint density at radius 3 is 2.78 bits per heavy atom. The summed E-state index contributed by atoms with van der Waals surface area (Å²) in [6, 6.07) is 3.39. The van der Waals surface area contributed by atoms with Crippen LogP contribution in [0.15, 0.2) is 35.0 Å². The second kappa shape index (κ2) is 6.26. The number of carbonyl (C=O) groups excluding carboxylic acids is 1. The fraction of sp³-hybridized carbons (Fsp3) is 0.462. The van der Waals surface area contributed by atoms with Crippen LogP contribution in [0.3, 0.4) is 0 Å². The second-order valence-corrected chi connectivity index (χ2v) is 4.31. The van der Waals surface area contributed by atoms with Gasteiger partial charge in [0.15, 0.2) is 0 Å². The molecule has 0 saturated heterocycles. The van der Waals surface area contributed by atoms with Crippen molar-refractivity contribution < 1.29 is 19.1 Å². The molecule has 0 aromatic carbocycles. The molecule has 1 aromatic heterocycles. The first kappa shape index (κ1) is 14.3. The number of ether oxygens (including phenoxy) is 1. The molecular formula is C13H19NO4. The Bertz CT molecular complexity index is 397. The summed E-state index contributed by atoms with van der Waals surface area (Å²) in [7, 11) is 3.21. The molecule has 0 aliphatic rings. The van der Waals surface area contributed by atoms with Crippen LogP contribution in [0, 0.1) is 0 Å². The van der Waals surface area contributed by atoms with Crippen LogP contribution in [0.1, 0.15) is 25.2 Å². The molecule has 0 saturated carbocycles. The van der Waals surface area contributed by atoms with Gasteiger partial charge in [-0.1, -0.05) is 6.58 Å². The Morgan fingerprint density at radius 2 is 2.28 bits per heavy atom. The summed E-state index contributed by atoms with van der Waals surface area (Å²) in [5.74, 6) is 0.474. The van der Waals surface area contributed by atoms with Crippen LogP contribution in [-0.4, -0.2) is 36.3 Å². The van der Waals surface area contributed by atoms with Gasteiger partial charge >= 0.3 is 6.09 Å². The molecule has 18 heavy (non-hydrogen) atoms. The van der Waals surface area contributed by atoms with E-state index in [0.717, 1.165) is 0 Å². The minimum absolute atomic E-state index is 0.287. The summed E-state index contributed by atoms with van der Waals surface area (Å²) in [4.78, 5) is 12.7. The third kappa shape index (κ3) is 3.92. The van der Waals surface area contributed by atoms with Crippen LogP contribution in [0.25, 0.3) is 0 Å². The van der Waals surface area contributed by atoms with Gasteiger partial charge in [0.25, 0.3) is 0 Å². The zero-order valence-corrected chi connectivity index (χ0v) is 10.9. The van der Waals surface area contributed by atoms with E-state index < -0.39 is 18.3 Å². The zero-order valence-electron chi connectivity index (χ0n) is 10.9. The Morgan fingerprint density at radius 1 is 1.61 bits per heavy atom. The molecule has 0 unspecified atom stereocenters. The van der Waals surface area contributed by atoms with Gasteiger partial charge in [-0.15, -0.1) is 0 Å². The molecule has 0 spiro atoms. The number of aliphatic hydroxyl groups is 1. The van der Waals surface area contributed by atoms with Crippen LogP contribution in [0.2, 0.25) is 0 Å². The zero-order chi connectivity index (χ0) is 13.7. The maximum Gasteiger partial charge on any atom is 0.409 e. The topological polar surface area (TPSA) is 62.9 Å². The van der Waals surface area contributed by atoms with Crippen molar-refractivity contribution in [1.29, 1.82) is 0 Å². The highest BCUT2D eigenvalue weighted by atomic mass is 16.6. The number of nitrogens with zero attached hydrogens (tertiary/aromatic N) is 1. The first-order valence-corrected chi connectivity index (χ1v) is 5.69. The highest BCUT2D eigenvalue weighted by Crippen LogP contribution is 2.23. The Kier molecular flexibility index (Phi) is 4.97. The fourth-order valence-corrected chi connectivity index (χ4v) is 1.34. The molecule has 0 fully saturated rings. The number of rotatable bonds is 5. The second-order valence-electron chi connectivity index (χ2n) is 4.31. The molecule has 1 amide bonds. The molecule has 1 aromatic rings. The summed E-state index contributed by atoms with van der Waals surface area (Å²) >= 11 is 0. The minimum Gasteiger partial charge on any atom is -0.467 e. The number of hydrogen-bond donors (Lipinski definition) is 1. The van der Waals surface area contributed by atoms with E-state index in [1.54, 1.807) is 33.2 Å². The Hall–Kier alpha value is -1.75. The molecule has 1 rings (SSSR count). The number of amides is 1. The monoisotopic (exact) mass is 253 g/mol. The van der Waals surface area contributed by atoms with Crippen LogP contribution in [-0.2, 0) is 4.74 Å². The summed E-state index contributed by atoms with van der Waals surface area (Å²) in [5, 5.41) is 9.87. The van der Waals surface area contributed by atoms with Crippen molar-refractivity contribution in [2.75, 3.05) is 14.1 Å². The van der Waals surface area contributed by atoms with Crippen molar-refractivity contribution >= 4 is 6.09 Å². The fourth-order valence-electron chi connectivity index (χ4n) is 1.34. The molecular weight excluding hydrogens is 234 g/mol. The first-order chi connectivity index (χ1) is 8.41. The quantitative estimate of drug-likeness (QED) is 0.818. The van der Waals surface area contributed by atoms with Gasteiger partial charge in [-0.2, -0.15) is 0 Å². The Labute approximate surface area is 107 Å². The van der Waals surface area contributed by atoms with E-state index >= 15 is 0 Å². The number of carbonyl (C=O) groups is 1. The molecule has 0 bridgehead atoms. The van der Waals surface area contributed by atoms with E-state index in [2.05, 4.69) is 6.58 Å². The van der Waals surface area contributed by atoms with Gasteiger partial charge in [-0.3, -0.25) is 0 Å². The smallest absolute Gasteiger partial charge is 0.409 e. The maximum absolute atomic E-state index is 11.4. The molecule has 1 heterocycles. The van der Waals surface area contributed by atoms with Crippen molar-refractivity contribution in [3.05, 3.63) is 36.3 Å². The average Bonchev–Trinajstić information content (AvgIpc) is 2.81. The van der Waals surface area contributed by atoms with Crippen molar-refractivity contribution in [3.63, 3.8) is 0 Å². The van der Waals surface area contributed by atoms with E-state index in [1.807, 2.05) is 0 Å². The highest BCUT2D eigenvalue weighted by Gasteiger charge is 2.18. The lowest BCUT2D eigenvalue weighted by Gasteiger charge is -2.20. The molecule has 100 valence electrons. The minimum atomic E-state index is -0.770. The number of hydrogen-bond acceptors (Lipinski definition) is 4. The van der Waals surface area contributed by atoms with Gasteiger partial charge < -0.3 is 19.2 Å². The van der Waals surface area contributed by atoms with E-state index in [1.165, 1.54) is 11.2 Å². The molecule has 0 aliphatic heterocycles. The lowest BCUT2D eigenvalue weighted by molar-refractivity contribution is 0.0878. The predicted octanol–water partition coefficient (Wildman–Crippen LogP) is 2.35. The molecule has 0 aliphatic carbocycles. The van der Waals surface area contributed by atoms with Gasteiger partial charge in [0.1, 0.15) is 18.0 Å². The van der Waals surface area contributed by atoms with Crippen LogP contribution >= 0.6 is 0 Å². The third-order valence-electron chi connectivity index (χ3n) is 2.54. The molecule has 1 N–H and O–H groups in total. The summed E-state index contributed by atoms with van der Waals surface area (Å²) in [6.07, 6.45) is 0.125. The molecule has 5 heteroatoms. The Balaban J connectivity index is 2.47. The summed E-state index contributed by atoms with van der Waals surface area (Å²) in [5.41, 5.74) is 0.633. The van der Waals surface area contributed by atoms with Gasteiger partial charge in [0.2, 0.25) is 0 Å². The standard InChI is InChI=1S/C13H19NO4/c1-9(10(2)18-13(16)14(3)4)8-11(15)12-6-5-7-17-12/h5-7,10-11,15H,1,8H2,2-4H3/t10-,11-/m1/s1. The van der Waals surface area contributed by atoms with Crippen LogP contribution in [0.5, 0.6) is 0 Å². The van der Waals surface area contributed by atoms with Crippen molar-refractivity contribution in [2.24, 2.45) is 0 Å². The largest absolute Gasteiger partial charge is 0.467 e. The molecule has 2 atom stereocenters. The molecule has 5 nitrogen and oxygen atoms in total. The lowest BCUT2D eigenvalue weighted by Crippen LogP contribution is -2.27. The lowest BCUT2D eigenvalue weighted by atomic mass is 10.0. The normalized spacial score (nSPS) is 13.8. The predicted molar refractivity (Wildman–Crippen MR) is 67.1 cm³/mol.